The molecule has 0 aliphatic carbocycles. The Morgan fingerprint density at radius 3 is 2.33 bits per heavy atom. The first kappa shape index (κ1) is 19.2. The van der Waals surface area contributed by atoms with Crippen molar-refractivity contribution in [3.8, 4) is 0 Å². The van der Waals surface area contributed by atoms with Gasteiger partial charge in [0, 0.05) is 43.8 Å². The Morgan fingerprint density at radius 2 is 1.78 bits per heavy atom. The third-order valence-electron chi connectivity index (χ3n) is 5.37. The van der Waals surface area contributed by atoms with Crippen molar-refractivity contribution in [1.82, 2.24) is 4.98 Å². The van der Waals surface area contributed by atoms with E-state index in [4.69, 9.17) is 0 Å². The molecule has 0 radical (unpaired) electrons. The van der Waals surface area contributed by atoms with E-state index in [1.54, 1.807) is 6.20 Å². The Kier molecular flexibility index (Phi) is 6.32. The number of nitrogens with one attached hydrogen (secondary N) is 1. The molecule has 1 aliphatic heterocycles. The summed E-state index contributed by atoms with van der Waals surface area (Å²) in [6.07, 6.45) is 4.08. The van der Waals surface area contributed by atoms with Crippen LogP contribution in [-0.2, 0) is 0 Å². The fourth-order valence-electron chi connectivity index (χ4n) is 3.49. The highest BCUT2D eigenvalue weighted by Crippen LogP contribution is 2.22. The van der Waals surface area contributed by atoms with Crippen molar-refractivity contribution in [3.05, 3.63) is 48.2 Å². The van der Waals surface area contributed by atoms with Crippen molar-refractivity contribution < 1.29 is 4.79 Å². The van der Waals surface area contributed by atoms with Gasteiger partial charge >= 0.3 is 0 Å². The number of benzene rings is 1. The minimum Gasteiger partial charge on any atom is -0.372 e. The largest absolute Gasteiger partial charge is 0.372 e. The predicted octanol–water partition coefficient (Wildman–Crippen LogP) is 4.42. The molecule has 1 fully saturated rings. The van der Waals surface area contributed by atoms with Gasteiger partial charge < -0.3 is 15.1 Å². The maximum absolute atomic E-state index is 12.5. The van der Waals surface area contributed by atoms with Gasteiger partial charge in [-0.05, 0) is 69.0 Å². The molecule has 2 heterocycles. The minimum absolute atomic E-state index is 0.128. The second kappa shape index (κ2) is 8.89. The molecule has 5 heteroatoms. The standard InChI is InChI=1S/C22H30N4O/c1-4-25(5-2)20-9-7-19(8-10-20)24-22(27)18-6-11-21(23-16-18)26-14-12-17(3)13-15-26/h6-11,16-17H,4-5,12-15H2,1-3H3,(H,24,27). The quantitative estimate of drug-likeness (QED) is 0.822. The minimum atomic E-state index is -0.128. The fraction of sp³-hybridized carbons (Fsp3) is 0.455. The first-order valence-corrected chi connectivity index (χ1v) is 9.98. The smallest absolute Gasteiger partial charge is 0.257 e. The molecule has 1 N–H and O–H groups in total. The topological polar surface area (TPSA) is 48.5 Å². The molecule has 0 unspecified atom stereocenters. The molecule has 0 atom stereocenters. The normalized spacial score (nSPS) is 14.9. The van der Waals surface area contributed by atoms with E-state index in [0.717, 1.165) is 43.6 Å². The highest BCUT2D eigenvalue weighted by Gasteiger charge is 2.17. The number of anilines is 3. The molecule has 0 spiro atoms. The van der Waals surface area contributed by atoms with Crippen molar-refractivity contribution >= 4 is 23.1 Å². The third-order valence-corrected chi connectivity index (χ3v) is 5.37. The van der Waals surface area contributed by atoms with Crippen molar-refractivity contribution in [2.24, 2.45) is 5.92 Å². The van der Waals surface area contributed by atoms with Gasteiger partial charge in [-0.25, -0.2) is 4.98 Å². The van der Waals surface area contributed by atoms with E-state index in [0.29, 0.717) is 5.56 Å². The van der Waals surface area contributed by atoms with Gasteiger partial charge in [0.2, 0.25) is 0 Å². The number of nitrogens with zero attached hydrogens (tertiary/aromatic N) is 3. The number of pyridine rings is 1. The van der Waals surface area contributed by atoms with Gasteiger partial charge in [0.1, 0.15) is 5.82 Å². The van der Waals surface area contributed by atoms with Crippen LogP contribution in [0, 0.1) is 5.92 Å². The van der Waals surface area contributed by atoms with Gasteiger partial charge in [-0.1, -0.05) is 6.92 Å². The van der Waals surface area contributed by atoms with Crippen LogP contribution in [0.25, 0.3) is 0 Å². The number of rotatable bonds is 6. The summed E-state index contributed by atoms with van der Waals surface area (Å²) < 4.78 is 0. The molecule has 1 amide bonds. The van der Waals surface area contributed by atoms with E-state index in [1.807, 2.05) is 36.4 Å². The van der Waals surface area contributed by atoms with E-state index in [9.17, 15) is 4.79 Å². The van der Waals surface area contributed by atoms with E-state index in [1.165, 1.54) is 18.5 Å². The summed E-state index contributed by atoms with van der Waals surface area (Å²) in [7, 11) is 0. The molecule has 1 aromatic heterocycles. The van der Waals surface area contributed by atoms with Crippen LogP contribution in [0.5, 0.6) is 0 Å². The second-order valence-electron chi connectivity index (χ2n) is 7.25. The van der Waals surface area contributed by atoms with Gasteiger partial charge in [0.15, 0.2) is 0 Å². The number of piperidine rings is 1. The molecule has 1 saturated heterocycles. The second-order valence-corrected chi connectivity index (χ2v) is 7.25. The highest BCUT2D eigenvalue weighted by atomic mass is 16.1. The molecule has 1 aliphatic rings. The van der Waals surface area contributed by atoms with Gasteiger partial charge in [0.25, 0.3) is 5.91 Å². The molecule has 3 rings (SSSR count). The molecule has 144 valence electrons. The highest BCUT2D eigenvalue weighted by molar-refractivity contribution is 6.04. The maximum Gasteiger partial charge on any atom is 0.257 e. The average Bonchev–Trinajstić information content (AvgIpc) is 2.71. The Bertz CT molecular complexity index is 730. The molecular formula is C22H30N4O. The number of amides is 1. The van der Waals surface area contributed by atoms with Crippen LogP contribution in [0.3, 0.4) is 0 Å². The van der Waals surface area contributed by atoms with Gasteiger partial charge in [-0.2, -0.15) is 0 Å². The molecule has 1 aromatic carbocycles. The summed E-state index contributed by atoms with van der Waals surface area (Å²) in [5.41, 5.74) is 2.54. The third kappa shape index (κ3) is 4.79. The summed E-state index contributed by atoms with van der Waals surface area (Å²) in [6.45, 7) is 10.6. The predicted molar refractivity (Wildman–Crippen MR) is 113 cm³/mol. The van der Waals surface area contributed by atoms with Crippen LogP contribution in [0.15, 0.2) is 42.6 Å². The fourth-order valence-corrected chi connectivity index (χ4v) is 3.49. The van der Waals surface area contributed by atoms with Crippen LogP contribution in [0.4, 0.5) is 17.2 Å². The van der Waals surface area contributed by atoms with E-state index >= 15 is 0 Å². The van der Waals surface area contributed by atoms with Crippen LogP contribution in [-0.4, -0.2) is 37.1 Å². The van der Waals surface area contributed by atoms with Crippen molar-refractivity contribution in [3.63, 3.8) is 0 Å². The number of hydrogen-bond donors (Lipinski definition) is 1. The lowest BCUT2D eigenvalue weighted by molar-refractivity contribution is 0.102. The Hall–Kier alpha value is -2.56. The summed E-state index contributed by atoms with van der Waals surface area (Å²) >= 11 is 0. The zero-order chi connectivity index (χ0) is 19.2. The SMILES string of the molecule is CCN(CC)c1ccc(NC(=O)c2ccc(N3CCC(C)CC3)nc2)cc1. The van der Waals surface area contributed by atoms with Crippen LogP contribution >= 0.6 is 0 Å². The summed E-state index contributed by atoms with van der Waals surface area (Å²) in [4.78, 5) is 21.6. The van der Waals surface area contributed by atoms with Crippen LogP contribution in [0.1, 0.15) is 44.0 Å². The van der Waals surface area contributed by atoms with Crippen molar-refractivity contribution in [1.29, 1.82) is 0 Å². The van der Waals surface area contributed by atoms with E-state index < -0.39 is 0 Å². The van der Waals surface area contributed by atoms with Gasteiger partial charge in [-0.3, -0.25) is 4.79 Å². The lowest BCUT2D eigenvalue weighted by atomic mass is 9.99. The van der Waals surface area contributed by atoms with Crippen LogP contribution < -0.4 is 15.1 Å². The number of carbonyl (C=O) groups is 1. The summed E-state index contributed by atoms with van der Waals surface area (Å²) in [5.74, 6) is 1.62. The van der Waals surface area contributed by atoms with Crippen LogP contribution in [0.2, 0.25) is 0 Å². The number of hydrogen-bond acceptors (Lipinski definition) is 4. The zero-order valence-electron chi connectivity index (χ0n) is 16.6. The van der Waals surface area contributed by atoms with Crippen molar-refractivity contribution in [2.75, 3.05) is 41.3 Å². The Balaban J connectivity index is 1.61. The first-order valence-electron chi connectivity index (χ1n) is 9.98. The Morgan fingerprint density at radius 1 is 1.11 bits per heavy atom. The van der Waals surface area contributed by atoms with E-state index in [2.05, 4.69) is 40.9 Å². The van der Waals surface area contributed by atoms with Gasteiger partial charge in [-0.15, -0.1) is 0 Å². The Labute approximate surface area is 162 Å². The zero-order valence-corrected chi connectivity index (χ0v) is 16.6. The van der Waals surface area contributed by atoms with E-state index in [-0.39, 0.29) is 5.91 Å². The number of aromatic nitrogens is 1. The molecule has 2 aromatic rings. The molecule has 0 bridgehead atoms. The molecule has 5 nitrogen and oxygen atoms in total. The molecular weight excluding hydrogens is 336 g/mol. The average molecular weight is 367 g/mol. The first-order chi connectivity index (χ1) is 13.1. The monoisotopic (exact) mass is 366 g/mol. The lowest BCUT2D eigenvalue weighted by Crippen LogP contribution is -2.33. The van der Waals surface area contributed by atoms with Crippen molar-refractivity contribution in [2.45, 2.75) is 33.6 Å². The summed E-state index contributed by atoms with van der Waals surface area (Å²) in [5, 5.41) is 2.95. The maximum atomic E-state index is 12.5. The number of carbonyl (C=O) groups excluding carboxylic acids is 1. The molecule has 27 heavy (non-hydrogen) atoms. The molecule has 0 saturated carbocycles. The van der Waals surface area contributed by atoms with Gasteiger partial charge in [0.05, 0.1) is 5.56 Å². The summed E-state index contributed by atoms with van der Waals surface area (Å²) in [6, 6.07) is 11.8. The lowest BCUT2D eigenvalue weighted by Gasteiger charge is -2.31.